The molecule has 5 heteroatoms. The smallest absolute Gasteiger partial charge is 0.200 e. The fraction of sp³-hybridized carbons (Fsp3) is 0.235. The third kappa shape index (κ3) is 3.49. The fourth-order valence-electron chi connectivity index (χ4n) is 2.08. The summed E-state index contributed by atoms with van der Waals surface area (Å²) in [4.78, 5) is 11.2. The van der Waals surface area contributed by atoms with Gasteiger partial charge >= 0.3 is 0 Å². The number of rotatable bonds is 6. The molecule has 0 heterocycles. The highest BCUT2D eigenvalue weighted by atomic mass is 16.5. The second kappa shape index (κ2) is 6.85. The summed E-state index contributed by atoms with van der Waals surface area (Å²) in [5.74, 6) is 0.755. The van der Waals surface area contributed by atoms with E-state index in [0.717, 1.165) is 11.3 Å². The lowest BCUT2D eigenvalue weighted by atomic mass is 10.1. The van der Waals surface area contributed by atoms with Crippen LogP contribution in [0.4, 0.5) is 5.69 Å². The number of Topliss-reactive ketones (excluding diaryl/α,β-unsaturated/α-hetero) is 1. The Morgan fingerprint density at radius 2 is 1.64 bits per heavy atom. The maximum atomic E-state index is 11.2. The summed E-state index contributed by atoms with van der Waals surface area (Å²) < 4.78 is 10.3. The first-order chi connectivity index (χ1) is 10.5. The number of hydrogen-bond donors (Lipinski definition) is 2. The van der Waals surface area contributed by atoms with E-state index < -0.39 is 0 Å². The summed E-state index contributed by atoms with van der Waals surface area (Å²) in [5, 5.41) is 13.1. The first kappa shape index (κ1) is 15.7. The van der Waals surface area contributed by atoms with Gasteiger partial charge in [-0.2, -0.15) is 0 Å². The molecule has 0 saturated heterocycles. The topological polar surface area (TPSA) is 67.8 Å². The van der Waals surface area contributed by atoms with E-state index >= 15 is 0 Å². The molecule has 0 bridgehead atoms. The molecule has 0 radical (unpaired) electrons. The summed E-state index contributed by atoms with van der Waals surface area (Å²) in [5.41, 5.74) is 2.48. The van der Waals surface area contributed by atoms with Crippen LogP contribution < -0.4 is 14.8 Å². The molecule has 0 saturated carbocycles. The number of methoxy groups -OCH3 is 2. The second-order valence-electron chi connectivity index (χ2n) is 4.84. The van der Waals surface area contributed by atoms with Crippen molar-refractivity contribution in [2.24, 2.45) is 0 Å². The number of phenols is 1. The molecule has 0 unspecified atom stereocenters. The molecule has 22 heavy (non-hydrogen) atoms. The van der Waals surface area contributed by atoms with Gasteiger partial charge in [0.15, 0.2) is 17.3 Å². The first-order valence-corrected chi connectivity index (χ1v) is 6.84. The van der Waals surface area contributed by atoms with Crippen LogP contribution in [0.3, 0.4) is 0 Å². The number of carbonyl (C=O) groups excluding carboxylic acids is 1. The molecule has 2 aromatic carbocycles. The third-order valence-corrected chi connectivity index (χ3v) is 3.33. The average Bonchev–Trinajstić information content (AvgIpc) is 2.54. The zero-order valence-electron chi connectivity index (χ0n) is 12.8. The van der Waals surface area contributed by atoms with E-state index in [1.807, 2.05) is 12.1 Å². The molecule has 5 nitrogen and oxygen atoms in total. The van der Waals surface area contributed by atoms with Gasteiger partial charge in [0.2, 0.25) is 5.75 Å². The Kier molecular flexibility index (Phi) is 4.88. The normalized spacial score (nSPS) is 10.1. The number of aromatic hydroxyl groups is 1. The third-order valence-electron chi connectivity index (χ3n) is 3.33. The highest BCUT2D eigenvalue weighted by molar-refractivity contribution is 5.94. The summed E-state index contributed by atoms with van der Waals surface area (Å²) in [6.07, 6.45) is 0. The average molecular weight is 301 g/mol. The maximum Gasteiger partial charge on any atom is 0.200 e. The van der Waals surface area contributed by atoms with E-state index in [9.17, 15) is 9.90 Å². The van der Waals surface area contributed by atoms with Crippen LogP contribution in [0.15, 0.2) is 36.4 Å². The van der Waals surface area contributed by atoms with E-state index in [2.05, 4.69) is 5.32 Å². The fourth-order valence-corrected chi connectivity index (χ4v) is 2.08. The molecule has 116 valence electrons. The predicted molar refractivity (Wildman–Crippen MR) is 85.0 cm³/mol. The van der Waals surface area contributed by atoms with Gasteiger partial charge in [-0.05, 0) is 48.9 Å². The van der Waals surface area contributed by atoms with Crippen molar-refractivity contribution in [1.82, 2.24) is 0 Å². The predicted octanol–water partition coefficient (Wildman–Crippen LogP) is 3.22. The largest absolute Gasteiger partial charge is 0.502 e. The minimum Gasteiger partial charge on any atom is -0.502 e. The van der Waals surface area contributed by atoms with Gasteiger partial charge in [-0.15, -0.1) is 0 Å². The SMILES string of the molecule is COc1cc(CNc2ccc(C(C)=O)cc2)cc(OC)c1O. The Balaban J connectivity index is 2.12. The Morgan fingerprint density at radius 1 is 1.09 bits per heavy atom. The van der Waals surface area contributed by atoms with Gasteiger partial charge in [0.25, 0.3) is 0 Å². The van der Waals surface area contributed by atoms with E-state index in [4.69, 9.17) is 9.47 Å². The van der Waals surface area contributed by atoms with Crippen molar-refractivity contribution in [3.05, 3.63) is 47.5 Å². The quantitative estimate of drug-likeness (QED) is 0.802. The monoisotopic (exact) mass is 301 g/mol. The Bertz CT molecular complexity index is 640. The van der Waals surface area contributed by atoms with Gasteiger partial charge in [0, 0.05) is 17.8 Å². The van der Waals surface area contributed by atoms with Gasteiger partial charge in [0.05, 0.1) is 14.2 Å². The van der Waals surface area contributed by atoms with E-state index in [-0.39, 0.29) is 11.5 Å². The number of phenolic OH excluding ortho intramolecular Hbond substituents is 1. The van der Waals surface area contributed by atoms with Crippen LogP contribution in [0.25, 0.3) is 0 Å². The lowest BCUT2D eigenvalue weighted by molar-refractivity contribution is 0.101. The zero-order valence-corrected chi connectivity index (χ0v) is 12.8. The van der Waals surface area contributed by atoms with Crippen molar-refractivity contribution >= 4 is 11.5 Å². The molecule has 0 spiro atoms. The number of benzene rings is 2. The maximum absolute atomic E-state index is 11.2. The van der Waals surface area contributed by atoms with Crippen molar-refractivity contribution in [3.63, 3.8) is 0 Å². The van der Waals surface area contributed by atoms with Crippen LogP contribution in [0, 0.1) is 0 Å². The molecule has 0 atom stereocenters. The van der Waals surface area contributed by atoms with Crippen molar-refractivity contribution in [1.29, 1.82) is 0 Å². The van der Waals surface area contributed by atoms with Gasteiger partial charge in [-0.25, -0.2) is 0 Å². The molecule has 2 rings (SSSR count). The van der Waals surface area contributed by atoms with Crippen LogP contribution in [-0.2, 0) is 6.54 Å². The second-order valence-corrected chi connectivity index (χ2v) is 4.84. The van der Waals surface area contributed by atoms with Crippen LogP contribution in [0.5, 0.6) is 17.2 Å². The van der Waals surface area contributed by atoms with Gasteiger partial charge < -0.3 is 19.9 Å². The molecule has 0 aliphatic heterocycles. The molecule has 0 aliphatic carbocycles. The minimum atomic E-state index is -0.0143. The summed E-state index contributed by atoms with van der Waals surface area (Å²) in [6.45, 7) is 2.07. The standard InChI is InChI=1S/C17H19NO4/c1-11(19)13-4-6-14(7-5-13)18-10-12-8-15(21-2)17(20)16(9-12)22-3/h4-9,18,20H,10H2,1-3H3. The Labute approximate surface area is 129 Å². The number of carbonyl (C=O) groups is 1. The molecule has 0 amide bonds. The molecule has 2 N–H and O–H groups in total. The summed E-state index contributed by atoms with van der Waals surface area (Å²) >= 11 is 0. The van der Waals surface area contributed by atoms with Gasteiger partial charge in [-0.1, -0.05) is 0 Å². The molecular formula is C17H19NO4. The van der Waals surface area contributed by atoms with Crippen molar-refractivity contribution in [3.8, 4) is 17.2 Å². The molecule has 0 aromatic heterocycles. The first-order valence-electron chi connectivity index (χ1n) is 6.84. The lowest BCUT2D eigenvalue weighted by Gasteiger charge is -2.12. The van der Waals surface area contributed by atoms with E-state index in [1.165, 1.54) is 21.1 Å². The van der Waals surface area contributed by atoms with Gasteiger partial charge in [-0.3, -0.25) is 4.79 Å². The Hall–Kier alpha value is -2.69. The van der Waals surface area contributed by atoms with Crippen LogP contribution in [0.2, 0.25) is 0 Å². The van der Waals surface area contributed by atoms with E-state index in [0.29, 0.717) is 23.6 Å². The van der Waals surface area contributed by atoms with Crippen molar-refractivity contribution in [2.45, 2.75) is 13.5 Å². The van der Waals surface area contributed by atoms with E-state index in [1.54, 1.807) is 24.3 Å². The van der Waals surface area contributed by atoms with Gasteiger partial charge in [0.1, 0.15) is 0 Å². The molecule has 2 aromatic rings. The highest BCUT2D eigenvalue weighted by Gasteiger charge is 2.11. The van der Waals surface area contributed by atoms with Crippen molar-refractivity contribution < 1.29 is 19.4 Å². The number of hydrogen-bond acceptors (Lipinski definition) is 5. The number of nitrogens with one attached hydrogen (secondary N) is 1. The molecular weight excluding hydrogens is 282 g/mol. The highest BCUT2D eigenvalue weighted by Crippen LogP contribution is 2.37. The molecule has 0 aliphatic rings. The number of ketones is 1. The minimum absolute atomic E-state index is 0.0143. The zero-order chi connectivity index (χ0) is 16.1. The Morgan fingerprint density at radius 3 is 2.09 bits per heavy atom. The van der Waals surface area contributed by atoms with Crippen molar-refractivity contribution in [2.75, 3.05) is 19.5 Å². The summed E-state index contributed by atoms with van der Waals surface area (Å²) in [7, 11) is 2.98. The molecule has 0 fully saturated rings. The lowest BCUT2D eigenvalue weighted by Crippen LogP contribution is -2.01. The van der Waals surface area contributed by atoms with Crippen LogP contribution in [0.1, 0.15) is 22.8 Å². The van der Waals surface area contributed by atoms with Crippen LogP contribution >= 0.6 is 0 Å². The van der Waals surface area contributed by atoms with Crippen LogP contribution in [-0.4, -0.2) is 25.1 Å². The number of ether oxygens (including phenoxy) is 2. The summed E-state index contributed by atoms with van der Waals surface area (Å²) in [6, 6.07) is 10.8. The number of anilines is 1.